The number of hydrogen-bond donors (Lipinski definition) is 7. The summed E-state index contributed by atoms with van der Waals surface area (Å²) in [5, 5.41) is 24.4. The lowest BCUT2D eigenvalue weighted by atomic mass is 10.1. The second-order valence-corrected chi connectivity index (χ2v) is 5.90. The van der Waals surface area contributed by atoms with Crippen molar-refractivity contribution in [3.63, 3.8) is 0 Å². The van der Waals surface area contributed by atoms with Gasteiger partial charge in [0.1, 0.15) is 12.1 Å². The molecule has 0 radical (unpaired) electrons. The van der Waals surface area contributed by atoms with Gasteiger partial charge in [-0.05, 0) is 32.7 Å². The van der Waals surface area contributed by atoms with Crippen LogP contribution in [0.5, 0.6) is 0 Å². The topological polar surface area (TPSA) is 214 Å². The number of carbonyl (C=O) groups is 5. The Bertz CT molecular complexity index is 555. The van der Waals surface area contributed by atoms with Crippen molar-refractivity contribution in [3.8, 4) is 0 Å². The van der Waals surface area contributed by atoms with E-state index in [1.807, 2.05) is 0 Å². The molecule has 0 aromatic heterocycles. The predicted molar refractivity (Wildman–Crippen MR) is 93.3 cm³/mol. The quantitative estimate of drug-likeness (QED) is 0.161. The number of carbonyl (C=O) groups excluding carboxylic acids is 3. The van der Waals surface area contributed by atoms with Crippen molar-refractivity contribution >= 4 is 29.7 Å². The fourth-order valence-corrected chi connectivity index (χ4v) is 1.98. The maximum atomic E-state index is 12.0. The molecule has 0 rings (SSSR count). The van der Waals surface area contributed by atoms with Gasteiger partial charge in [0.2, 0.25) is 17.7 Å². The zero-order chi connectivity index (χ0) is 21.0. The van der Waals surface area contributed by atoms with Crippen LogP contribution in [0.1, 0.15) is 32.6 Å². The number of aliphatic carboxylic acids is 2. The van der Waals surface area contributed by atoms with Crippen LogP contribution in [0, 0.1) is 0 Å². The highest BCUT2D eigenvalue weighted by atomic mass is 16.4. The Morgan fingerprint density at radius 1 is 1.00 bits per heavy atom. The lowest BCUT2D eigenvalue weighted by molar-refractivity contribution is -0.142. The number of unbranched alkanes of at least 4 members (excludes halogenated alkanes) is 1. The summed E-state index contributed by atoms with van der Waals surface area (Å²) >= 11 is 0. The fraction of sp³-hybridized carbons (Fsp3) is 0.667. The second-order valence-electron chi connectivity index (χ2n) is 5.90. The molecule has 0 aliphatic rings. The lowest BCUT2D eigenvalue weighted by Crippen LogP contribution is -2.52. The van der Waals surface area contributed by atoms with Crippen LogP contribution in [0.4, 0.5) is 0 Å². The van der Waals surface area contributed by atoms with Crippen molar-refractivity contribution in [2.45, 2.75) is 50.7 Å². The largest absolute Gasteiger partial charge is 0.481 e. The van der Waals surface area contributed by atoms with Crippen LogP contribution in [0.2, 0.25) is 0 Å². The summed E-state index contributed by atoms with van der Waals surface area (Å²) in [7, 11) is 0. The SMILES string of the molecule is CC(NC(=O)CNC(=O)C(N)CC(=O)O)C(=O)NC(CCCCN)C(=O)O. The molecule has 0 heterocycles. The van der Waals surface area contributed by atoms with E-state index in [9.17, 15) is 24.0 Å². The van der Waals surface area contributed by atoms with E-state index in [-0.39, 0.29) is 6.42 Å². The van der Waals surface area contributed by atoms with Crippen LogP contribution in [0.3, 0.4) is 0 Å². The molecule has 0 fully saturated rings. The van der Waals surface area contributed by atoms with Gasteiger partial charge >= 0.3 is 11.9 Å². The van der Waals surface area contributed by atoms with Gasteiger partial charge in [0.25, 0.3) is 0 Å². The number of amides is 3. The number of hydrogen-bond acceptors (Lipinski definition) is 7. The van der Waals surface area contributed by atoms with Crippen molar-refractivity contribution in [2.24, 2.45) is 11.5 Å². The summed E-state index contributed by atoms with van der Waals surface area (Å²) in [5.74, 6) is -4.69. The van der Waals surface area contributed by atoms with Gasteiger partial charge < -0.3 is 37.6 Å². The Morgan fingerprint density at radius 2 is 1.63 bits per heavy atom. The third-order valence-electron chi connectivity index (χ3n) is 3.49. The Hall–Kier alpha value is -2.73. The summed E-state index contributed by atoms with van der Waals surface area (Å²) in [5.41, 5.74) is 10.7. The first-order valence-corrected chi connectivity index (χ1v) is 8.36. The van der Waals surface area contributed by atoms with Crippen LogP contribution in [-0.4, -0.2) is 71.1 Å². The van der Waals surface area contributed by atoms with E-state index in [4.69, 9.17) is 21.7 Å². The third-order valence-corrected chi connectivity index (χ3v) is 3.49. The van der Waals surface area contributed by atoms with Crippen molar-refractivity contribution in [2.75, 3.05) is 13.1 Å². The molecular formula is C15H27N5O7. The summed E-state index contributed by atoms with van der Waals surface area (Å²) < 4.78 is 0. The zero-order valence-corrected chi connectivity index (χ0v) is 15.1. The lowest BCUT2D eigenvalue weighted by Gasteiger charge is -2.19. The second kappa shape index (κ2) is 12.6. The highest BCUT2D eigenvalue weighted by Crippen LogP contribution is 2.01. The van der Waals surface area contributed by atoms with Gasteiger partial charge in [-0.2, -0.15) is 0 Å². The Kier molecular flexibility index (Phi) is 11.3. The molecule has 3 amide bonds. The standard InChI is InChI=1S/C15H27N5O7/c1-8(13(24)20-10(15(26)27)4-2-3-5-16)19-11(21)7-18-14(25)9(17)6-12(22)23/h8-10H,2-7,16-17H2,1H3,(H,18,25)(H,19,21)(H,20,24)(H,22,23)(H,26,27). The molecular weight excluding hydrogens is 362 g/mol. The summed E-state index contributed by atoms with van der Waals surface area (Å²) in [6.45, 7) is 1.25. The molecule has 9 N–H and O–H groups in total. The molecule has 3 unspecified atom stereocenters. The van der Waals surface area contributed by atoms with E-state index >= 15 is 0 Å². The van der Waals surface area contributed by atoms with Crippen molar-refractivity contribution < 1.29 is 34.2 Å². The van der Waals surface area contributed by atoms with E-state index in [1.54, 1.807) is 0 Å². The molecule has 0 saturated carbocycles. The maximum Gasteiger partial charge on any atom is 0.326 e. The van der Waals surface area contributed by atoms with Gasteiger partial charge in [0.05, 0.1) is 19.0 Å². The van der Waals surface area contributed by atoms with Crippen LogP contribution in [0.15, 0.2) is 0 Å². The molecule has 12 nitrogen and oxygen atoms in total. The molecule has 0 saturated heterocycles. The van der Waals surface area contributed by atoms with Gasteiger partial charge in [0, 0.05) is 0 Å². The molecule has 0 aromatic rings. The van der Waals surface area contributed by atoms with Gasteiger partial charge in [-0.1, -0.05) is 0 Å². The predicted octanol–water partition coefficient (Wildman–Crippen LogP) is -2.89. The number of rotatable bonds is 13. The fourth-order valence-electron chi connectivity index (χ4n) is 1.98. The molecule has 0 aromatic carbocycles. The molecule has 0 aliphatic carbocycles. The smallest absolute Gasteiger partial charge is 0.326 e. The van der Waals surface area contributed by atoms with Gasteiger partial charge in [-0.3, -0.25) is 19.2 Å². The van der Waals surface area contributed by atoms with Crippen LogP contribution >= 0.6 is 0 Å². The highest BCUT2D eigenvalue weighted by molar-refractivity contribution is 5.92. The number of carboxylic acids is 2. The van der Waals surface area contributed by atoms with Crippen LogP contribution in [-0.2, 0) is 24.0 Å². The Morgan fingerprint density at radius 3 is 2.15 bits per heavy atom. The van der Waals surface area contributed by atoms with E-state index < -0.39 is 60.8 Å². The minimum absolute atomic E-state index is 0.205. The minimum Gasteiger partial charge on any atom is -0.481 e. The van der Waals surface area contributed by atoms with Gasteiger partial charge in [-0.25, -0.2) is 4.79 Å². The number of carboxylic acid groups (broad SMARTS) is 2. The Labute approximate surface area is 156 Å². The van der Waals surface area contributed by atoms with E-state index in [1.165, 1.54) is 6.92 Å². The Balaban J connectivity index is 4.39. The summed E-state index contributed by atoms with van der Waals surface area (Å²) in [6.07, 6.45) is 0.760. The summed E-state index contributed by atoms with van der Waals surface area (Å²) in [6, 6.07) is -3.45. The first-order chi connectivity index (χ1) is 12.6. The van der Waals surface area contributed by atoms with E-state index in [2.05, 4.69) is 16.0 Å². The maximum absolute atomic E-state index is 12.0. The zero-order valence-electron chi connectivity index (χ0n) is 15.1. The first-order valence-electron chi connectivity index (χ1n) is 8.36. The molecule has 0 aliphatic heterocycles. The average molecular weight is 389 g/mol. The molecule has 0 spiro atoms. The van der Waals surface area contributed by atoms with Gasteiger partial charge in [-0.15, -0.1) is 0 Å². The van der Waals surface area contributed by atoms with Crippen molar-refractivity contribution in [3.05, 3.63) is 0 Å². The molecule has 154 valence electrons. The summed E-state index contributed by atoms with van der Waals surface area (Å²) in [4.78, 5) is 56.9. The molecule has 27 heavy (non-hydrogen) atoms. The van der Waals surface area contributed by atoms with Crippen LogP contribution < -0.4 is 27.4 Å². The monoisotopic (exact) mass is 389 g/mol. The number of nitrogens with two attached hydrogens (primary N) is 2. The van der Waals surface area contributed by atoms with Gasteiger partial charge in [0.15, 0.2) is 0 Å². The van der Waals surface area contributed by atoms with Crippen molar-refractivity contribution in [1.29, 1.82) is 0 Å². The van der Waals surface area contributed by atoms with Crippen LogP contribution in [0.25, 0.3) is 0 Å². The third kappa shape index (κ3) is 10.8. The van der Waals surface area contributed by atoms with Crippen molar-refractivity contribution in [1.82, 2.24) is 16.0 Å². The average Bonchev–Trinajstić information content (AvgIpc) is 2.57. The van der Waals surface area contributed by atoms with E-state index in [0.717, 1.165) is 0 Å². The normalized spacial score (nSPS) is 13.7. The molecule has 12 heteroatoms. The minimum atomic E-state index is -1.30. The first kappa shape index (κ1) is 24.3. The number of nitrogens with one attached hydrogen (secondary N) is 3. The molecule has 0 bridgehead atoms. The molecule has 3 atom stereocenters. The highest BCUT2D eigenvalue weighted by Gasteiger charge is 2.24. The van der Waals surface area contributed by atoms with E-state index in [0.29, 0.717) is 19.4 Å².